The van der Waals surface area contributed by atoms with Crippen LogP contribution < -0.4 is 15.2 Å². The largest absolute Gasteiger partial charge is 0.481 e. The average molecular weight is 440 g/mol. The highest BCUT2D eigenvalue weighted by Crippen LogP contribution is 2.27. The van der Waals surface area contributed by atoms with Gasteiger partial charge in [-0.05, 0) is 12.5 Å². The summed E-state index contributed by atoms with van der Waals surface area (Å²) in [7, 11) is 1.48. The van der Waals surface area contributed by atoms with E-state index in [0.717, 1.165) is 6.20 Å². The van der Waals surface area contributed by atoms with Gasteiger partial charge >= 0.3 is 0 Å². The molecule has 5 rings (SSSR count). The first kappa shape index (κ1) is 19.9. The van der Waals surface area contributed by atoms with Crippen molar-refractivity contribution < 1.29 is 18.0 Å². The molecular formula is C21H18F2N6O3. The minimum Gasteiger partial charge on any atom is -0.481 e. The van der Waals surface area contributed by atoms with Crippen molar-refractivity contribution in [2.45, 2.75) is 19.5 Å². The summed E-state index contributed by atoms with van der Waals surface area (Å²) in [4.78, 5) is 21.8. The molecule has 0 radical (unpaired) electrons. The summed E-state index contributed by atoms with van der Waals surface area (Å²) < 4.78 is 40.7. The van der Waals surface area contributed by atoms with Crippen LogP contribution >= 0.6 is 0 Å². The van der Waals surface area contributed by atoms with E-state index in [4.69, 9.17) is 9.26 Å². The number of methoxy groups -OCH3 is 1. The summed E-state index contributed by atoms with van der Waals surface area (Å²) in [5, 5.41) is 6.74. The van der Waals surface area contributed by atoms with Gasteiger partial charge in [-0.15, -0.1) is 0 Å². The number of fused-ring (bicyclic) bond motifs is 1. The van der Waals surface area contributed by atoms with Gasteiger partial charge in [-0.1, -0.05) is 18.2 Å². The molecule has 0 unspecified atom stereocenters. The van der Waals surface area contributed by atoms with Crippen molar-refractivity contribution >= 4 is 5.82 Å². The van der Waals surface area contributed by atoms with E-state index in [0.29, 0.717) is 41.4 Å². The zero-order chi connectivity index (χ0) is 22.2. The fourth-order valence-electron chi connectivity index (χ4n) is 3.70. The Morgan fingerprint density at radius 2 is 2.09 bits per heavy atom. The first-order valence-electron chi connectivity index (χ1n) is 9.86. The molecule has 0 aliphatic carbocycles. The van der Waals surface area contributed by atoms with Crippen LogP contribution in [0.4, 0.5) is 14.6 Å². The second-order valence-corrected chi connectivity index (χ2v) is 7.29. The Bertz CT molecular complexity index is 1350. The summed E-state index contributed by atoms with van der Waals surface area (Å²) in [6, 6.07) is 7.99. The Morgan fingerprint density at radius 1 is 1.25 bits per heavy atom. The third-order valence-electron chi connectivity index (χ3n) is 5.33. The number of halogens is 2. The van der Waals surface area contributed by atoms with Crippen molar-refractivity contribution in [1.29, 1.82) is 0 Å². The van der Waals surface area contributed by atoms with Gasteiger partial charge in [0.25, 0.3) is 5.56 Å². The van der Waals surface area contributed by atoms with E-state index < -0.39 is 5.82 Å². The van der Waals surface area contributed by atoms with Crippen molar-refractivity contribution in [3.8, 4) is 17.4 Å². The summed E-state index contributed by atoms with van der Waals surface area (Å²) in [6.07, 6.45) is 1.48. The highest BCUT2D eigenvalue weighted by Gasteiger charge is 2.26. The lowest BCUT2D eigenvalue weighted by Crippen LogP contribution is -2.33. The predicted molar refractivity (Wildman–Crippen MR) is 109 cm³/mol. The zero-order valence-corrected chi connectivity index (χ0v) is 17.0. The molecule has 0 saturated heterocycles. The molecule has 1 aromatic carbocycles. The lowest BCUT2D eigenvalue weighted by atomic mass is 10.1. The number of aromatic amines is 1. The highest BCUT2D eigenvalue weighted by molar-refractivity contribution is 5.55. The van der Waals surface area contributed by atoms with E-state index in [2.05, 4.69) is 20.2 Å². The fraction of sp³-hybridized carbons (Fsp3) is 0.238. The zero-order valence-electron chi connectivity index (χ0n) is 17.0. The molecule has 4 aromatic rings. The Morgan fingerprint density at radius 3 is 2.91 bits per heavy atom. The van der Waals surface area contributed by atoms with E-state index in [1.165, 1.54) is 17.9 Å². The average Bonchev–Trinajstić information content (AvgIpc) is 3.38. The van der Waals surface area contributed by atoms with Crippen LogP contribution in [-0.4, -0.2) is 38.6 Å². The van der Waals surface area contributed by atoms with E-state index in [1.807, 2.05) is 0 Å². The maximum Gasteiger partial charge on any atom is 0.283 e. The summed E-state index contributed by atoms with van der Waals surface area (Å²) >= 11 is 0. The molecule has 164 valence electrons. The summed E-state index contributed by atoms with van der Waals surface area (Å²) in [5.41, 5.74) is 1.09. The van der Waals surface area contributed by atoms with Gasteiger partial charge in [0.15, 0.2) is 23.2 Å². The van der Waals surface area contributed by atoms with E-state index >= 15 is 0 Å². The Kier molecular flexibility index (Phi) is 4.92. The smallest absolute Gasteiger partial charge is 0.283 e. The maximum absolute atomic E-state index is 14.6. The number of hydrogen-bond acceptors (Lipinski definition) is 7. The molecule has 0 fully saturated rings. The molecule has 4 heterocycles. The van der Waals surface area contributed by atoms with Crippen LogP contribution in [-0.2, 0) is 19.5 Å². The van der Waals surface area contributed by atoms with Crippen LogP contribution in [0.25, 0.3) is 11.5 Å². The minimum absolute atomic E-state index is 0.0760. The number of H-pyrrole nitrogens is 1. The van der Waals surface area contributed by atoms with E-state index in [1.54, 1.807) is 29.2 Å². The number of nitrogens with zero attached hydrogens (tertiary/aromatic N) is 5. The molecule has 0 spiro atoms. The van der Waals surface area contributed by atoms with Crippen molar-refractivity contribution in [2.75, 3.05) is 18.6 Å². The number of ether oxygens (including phenoxy) is 1. The van der Waals surface area contributed by atoms with Crippen LogP contribution in [0, 0.1) is 11.6 Å². The second kappa shape index (κ2) is 7.91. The summed E-state index contributed by atoms with van der Waals surface area (Å²) in [6.45, 7) is 0.742. The van der Waals surface area contributed by atoms with Crippen LogP contribution in [0.3, 0.4) is 0 Å². The van der Waals surface area contributed by atoms with Gasteiger partial charge in [0.05, 0.1) is 32.0 Å². The van der Waals surface area contributed by atoms with Crippen LogP contribution in [0.2, 0.25) is 0 Å². The van der Waals surface area contributed by atoms with Gasteiger partial charge in [-0.25, -0.2) is 23.4 Å². The number of rotatable bonds is 5. The molecule has 0 amide bonds. The second-order valence-electron chi connectivity index (χ2n) is 7.29. The lowest BCUT2D eigenvalue weighted by molar-refractivity contribution is 0.365. The van der Waals surface area contributed by atoms with Crippen molar-refractivity contribution in [1.82, 2.24) is 24.9 Å². The van der Waals surface area contributed by atoms with E-state index in [9.17, 15) is 13.6 Å². The number of aromatic nitrogens is 5. The fourth-order valence-corrected chi connectivity index (χ4v) is 3.70. The van der Waals surface area contributed by atoms with Crippen molar-refractivity contribution in [3.05, 3.63) is 75.4 Å². The van der Waals surface area contributed by atoms with E-state index in [-0.39, 0.29) is 36.1 Å². The maximum atomic E-state index is 14.6. The standard InChI is InChI=1S/C21H18F2N6O3/c1-31-18-8-16(26-29(18)10-12-4-2-3-5-14(12)22)19-24-9-15(23)20(25-19)28-7-6-13-17(11-28)32-27-21(13)30/h2-5,8-9H,6-7,10-11H2,1H3,(H,27,30). The predicted octanol–water partition coefficient (Wildman–Crippen LogP) is 2.52. The number of benzene rings is 1. The molecule has 32 heavy (non-hydrogen) atoms. The normalized spacial score (nSPS) is 13.3. The third kappa shape index (κ3) is 3.51. The van der Waals surface area contributed by atoms with Crippen molar-refractivity contribution in [2.24, 2.45) is 0 Å². The van der Waals surface area contributed by atoms with Gasteiger partial charge in [0.1, 0.15) is 11.5 Å². The summed E-state index contributed by atoms with van der Waals surface area (Å²) in [5.74, 6) is 0.146. The van der Waals surface area contributed by atoms with Gasteiger partial charge < -0.3 is 14.2 Å². The topological polar surface area (TPSA) is 102 Å². The monoisotopic (exact) mass is 440 g/mol. The first-order valence-corrected chi connectivity index (χ1v) is 9.86. The molecule has 3 aromatic heterocycles. The van der Waals surface area contributed by atoms with Crippen molar-refractivity contribution in [3.63, 3.8) is 0 Å². The molecule has 0 bridgehead atoms. The number of nitrogens with one attached hydrogen (secondary N) is 1. The Labute approximate surface area is 180 Å². The minimum atomic E-state index is -0.604. The number of anilines is 1. The van der Waals surface area contributed by atoms with Crippen LogP contribution in [0.1, 0.15) is 16.9 Å². The molecule has 0 saturated carbocycles. The molecule has 1 aliphatic heterocycles. The molecular weight excluding hydrogens is 422 g/mol. The lowest BCUT2D eigenvalue weighted by Gasteiger charge is -2.26. The quantitative estimate of drug-likeness (QED) is 0.509. The first-order chi connectivity index (χ1) is 15.5. The Balaban J connectivity index is 1.46. The molecule has 11 heteroatoms. The third-order valence-corrected chi connectivity index (χ3v) is 5.33. The molecule has 9 nitrogen and oxygen atoms in total. The molecule has 0 atom stereocenters. The Hall–Kier alpha value is -4.02. The molecule has 1 N–H and O–H groups in total. The SMILES string of the molecule is COc1cc(-c2ncc(F)c(N3CCc4c(o[nH]c4=O)C3)n2)nn1Cc1ccccc1F. The number of hydrogen-bond donors (Lipinski definition) is 1. The van der Waals surface area contributed by atoms with Crippen LogP contribution in [0.5, 0.6) is 5.88 Å². The molecule has 1 aliphatic rings. The van der Waals surface area contributed by atoms with Gasteiger partial charge in [0, 0.05) is 18.2 Å². The highest BCUT2D eigenvalue weighted by atomic mass is 19.1. The van der Waals surface area contributed by atoms with Crippen LogP contribution in [0.15, 0.2) is 45.8 Å². The van der Waals surface area contributed by atoms with Gasteiger partial charge in [-0.3, -0.25) is 4.79 Å². The van der Waals surface area contributed by atoms with Gasteiger partial charge in [0.2, 0.25) is 5.88 Å². The van der Waals surface area contributed by atoms with Gasteiger partial charge in [-0.2, -0.15) is 10.3 Å².